The van der Waals surface area contributed by atoms with E-state index in [1.807, 2.05) is 6.92 Å². The summed E-state index contributed by atoms with van der Waals surface area (Å²) in [5.74, 6) is -0.0903. The molecule has 0 bridgehead atoms. The molecule has 0 saturated heterocycles. The standard InChI is InChI=1S/C20H43N.C6H14O3S/c1-4-5-6-7-8-9-10-11-12-13-14-15-16-17-18-19-20-21(2)3;1-2-3-4-5-6-10(7,8)9/h4-20H2,1-3H3;2-6H2,1H3,(H,7,8,9). The van der Waals surface area contributed by atoms with Crippen molar-refractivity contribution in [2.24, 2.45) is 0 Å². The molecule has 0 aliphatic rings. The Kier molecular flexibility index (Phi) is 27.8. The SMILES string of the molecule is CCCCCCCCCCCCCCCCCCN(C)C.CCCCCCS(=O)(=O)O. The van der Waals surface area contributed by atoms with E-state index in [4.69, 9.17) is 4.55 Å². The number of rotatable bonds is 22. The first-order chi connectivity index (χ1) is 14.8. The summed E-state index contributed by atoms with van der Waals surface area (Å²) in [6.07, 6.45) is 26.9. The van der Waals surface area contributed by atoms with E-state index in [2.05, 4.69) is 25.9 Å². The van der Waals surface area contributed by atoms with E-state index < -0.39 is 10.1 Å². The molecule has 5 heteroatoms. The quantitative estimate of drug-likeness (QED) is 0.130. The summed E-state index contributed by atoms with van der Waals surface area (Å²) < 4.78 is 28.6. The third-order valence-corrected chi connectivity index (χ3v) is 6.52. The van der Waals surface area contributed by atoms with Crippen LogP contribution in [0.2, 0.25) is 0 Å². The molecule has 0 rings (SSSR count). The van der Waals surface area contributed by atoms with Crippen molar-refractivity contribution in [2.45, 2.75) is 142 Å². The van der Waals surface area contributed by atoms with Crippen molar-refractivity contribution >= 4 is 10.1 Å². The first-order valence-electron chi connectivity index (χ1n) is 13.4. The maximum Gasteiger partial charge on any atom is 0.264 e. The van der Waals surface area contributed by atoms with Crippen LogP contribution in [0.5, 0.6) is 0 Å². The summed E-state index contributed by atoms with van der Waals surface area (Å²) in [7, 11) is 0.639. The minimum absolute atomic E-state index is 0.0903. The lowest BCUT2D eigenvalue weighted by molar-refractivity contribution is 0.389. The second kappa shape index (κ2) is 26.1. The molecule has 0 heterocycles. The largest absolute Gasteiger partial charge is 0.309 e. The zero-order valence-corrected chi connectivity index (χ0v) is 22.5. The lowest BCUT2D eigenvalue weighted by Gasteiger charge is -2.08. The molecule has 4 nitrogen and oxygen atoms in total. The topological polar surface area (TPSA) is 57.6 Å². The van der Waals surface area contributed by atoms with Gasteiger partial charge in [0.1, 0.15) is 0 Å². The normalized spacial score (nSPS) is 11.5. The summed E-state index contributed by atoms with van der Waals surface area (Å²) in [6, 6.07) is 0. The second-order valence-electron chi connectivity index (χ2n) is 9.45. The highest BCUT2D eigenvalue weighted by molar-refractivity contribution is 7.85. The molecule has 31 heavy (non-hydrogen) atoms. The third kappa shape index (κ3) is 37.5. The van der Waals surface area contributed by atoms with Gasteiger partial charge in [-0.15, -0.1) is 0 Å². The Bertz CT molecular complexity index is 424. The van der Waals surface area contributed by atoms with Crippen LogP contribution >= 0.6 is 0 Å². The minimum Gasteiger partial charge on any atom is -0.309 e. The molecule has 0 fully saturated rings. The van der Waals surface area contributed by atoms with Gasteiger partial charge in [0, 0.05) is 0 Å². The zero-order chi connectivity index (χ0) is 23.6. The van der Waals surface area contributed by atoms with Gasteiger partial charge in [0.2, 0.25) is 0 Å². The number of hydrogen-bond acceptors (Lipinski definition) is 3. The average Bonchev–Trinajstić information content (AvgIpc) is 2.70. The molecular formula is C26H57NO3S. The third-order valence-electron chi connectivity index (χ3n) is 5.71. The Morgan fingerprint density at radius 3 is 1.10 bits per heavy atom. The highest BCUT2D eigenvalue weighted by Gasteiger charge is 2.01. The smallest absolute Gasteiger partial charge is 0.264 e. The predicted molar refractivity (Wildman–Crippen MR) is 139 cm³/mol. The van der Waals surface area contributed by atoms with Crippen molar-refractivity contribution in [3.05, 3.63) is 0 Å². The van der Waals surface area contributed by atoms with Crippen LogP contribution < -0.4 is 0 Å². The van der Waals surface area contributed by atoms with Crippen LogP contribution in [0, 0.1) is 0 Å². The highest BCUT2D eigenvalue weighted by atomic mass is 32.2. The Balaban J connectivity index is 0. The molecule has 0 aromatic rings. The number of hydrogen-bond donors (Lipinski definition) is 1. The molecule has 1 N–H and O–H groups in total. The van der Waals surface area contributed by atoms with Gasteiger partial charge in [-0.3, -0.25) is 4.55 Å². The van der Waals surface area contributed by atoms with Crippen LogP contribution in [0.1, 0.15) is 142 Å². The van der Waals surface area contributed by atoms with E-state index in [1.165, 1.54) is 109 Å². The first kappa shape index (κ1) is 33.0. The molecule has 190 valence electrons. The van der Waals surface area contributed by atoms with Gasteiger partial charge in [0.25, 0.3) is 10.1 Å². The first-order valence-corrected chi connectivity index (χ1v) is 15.0. The lowest BCUT2D eigenvalue weighted by Crippen LogP contribution is -2.12. The summed E-state index contributed by atoms with van der Waals surface area (Å²) in [5.41, 5.74) is 0. The van der Waals surface area contributed by atoms with Crippen LogP contribution in [0.25, 0.3) is 0 Å². The van der Waals surface area contributed by atoms with Gasteiger partial charge >= 0.3 is 0 Å². The zero-order valence-electron chi connectivity index (χ0n) is 21.7. The van der Waals surface area contributed by atoms with Crippen molar-refractivity contribution in [1.82, 2.24) is 4.90 Å². The van der Waals surface area contributed by atoms with Crippen molar-refractivity contribution in [3.63, 3.8) is 0 Å². The van der Waals surface area contributed by atoms with E-state index in [-0.39, 0.29) is 5.75 Å². The van der Waals surface area contributed by atoms with E-state index in [0.717, 1.165) is 19.3 Å². The summed E-state index contributed by atoms with van der Waals surface area (Å²) >= 11 is 0. The van der Waals surface area contributed by atoms with Crippen LogP contribution in [0.3, 0.4) is 0 Å². The van der Waals surface area contributed by atoms with E-state index in [0.29, 0.717) is 6.42 Å². The fourth-order valence-electron chi connectivity index (χ4n) is 3.69. The highest BCUT2D eigenvalue weighted by Crippen LogP contribution is 2.13. The van der Waals surface area contributed by atoms with Crippen LogP contribution in [0.4, 0.5) is 0 Å². The molecule has 0 amide bonds. The fourth-order valence-corrected chi connectivity index (χ4v) is 4.26. The monoisotopic (exact) mass is 463 g/mol. The second-order valence-corrected chi connectivity index (χ2v) is 11.0. The molecule has 0 radical (unpaired) electrons. The molecule has 0 saturated carbocycles. The molecule has 0 aliphatic carbocycles. The van der Waals surface area contributed by atoms with E-state index in [9.17, 15) is 8.42 Å². The van der Waals surface area contributed by atoms with Gasteiger partial charge in [-0.25, -0.2) is 0 Å². The Labute approximate surface area is 196 Å². The van der Waals surface area contributed by atoms with Gasteiger partial charge in [-0.05, 0) is 33.5 Å². The van der Waals surface area contributed by atoms with Crippen molar-refractivity contribution < 1.29 is 13.0 Å². The van der Waals surface area contributed by atoms with Gasteiger partial charge in [0.15, 0.2) is 0 Å². The van der Waals surface area contributed by atoms with Crippen molar-refractivity contribution in [3.8, 4) is 0 Å². The van der Waals surface area contributed by atoms with Crippen LogP contribution in [-0.4, -0.2) is 44.3 Å². The number of nitrogens with zero attached hydrogens (tertiary/aromatic N) is 1. The molecule has 0 atom stereocenters. The van der Waals surface area contributed by atoms with Gasteiger partial charge in [-0.2, -0.15) is 8.42 Å². The maximum absolute atomic E-state index is 10.1. The summed E-state index contributed by atoms with van der Waals surface area (Å²) in [6.45, 7) is 5.61. The average molecular weight is 464 g/mol. The van der Waals surface area contributed by atoms with Gasteiger partial charge in [0.05, 0.1) is 5.75 Å². The fraction of sp³-hybridized carbons (Fsp3) is 1.00. The minimum atomic E-state index is -3.70. The Morgan fingerprint density at radius 1 is 0.516 bits per heavy atom. The predicted octanol–water partition coefficient (Wildman–Crippen LogP) is 8.26. The van der Waals surface area contributed by atoms with E-state index in [1.54, 1.807) is 0 Å². The number of unbranched alkanes of at least 4 members (excludes halogenated alkanes) is 18. The lowest BCUT2D eigenvalue weighted by atomic mass is 10.0. The van der Waals surface area contributed by atoms with Crippen LogP contribution in [0.15, 0.2) is 0 Å². The van der Waals surface area contributed by atoms with Crippen molar-refractivity contribution in [2.75, 3.05) is 26.4 Å². The summed E-state index contributed by atoms with van der Waals surface area (Å²) in [4.78, 5) is 2.30. The van der Waals surface area contributed by atoms with Crippen LogP contribution in [-0.2, 0) is 10.1 Å². The Hall–Kier alpha value is -0.130. The molecular weight excluding hydrogens is 406 g/mol. The van der Waals surface area contributed by atoms with Crippen molar-refractivity contribution in [1.29, 1.82) is 0 Å². The molecule has 0 aromatic carbocycles. The Morgan fingerprint density at radius 2 is 0.806 bits per heavy atom. The molecule has 0 aromatic heterocycles. The van der Waals surface area contributed by atoms with Gasteiger partial charge < -0.3 is 4.90 Å². The van der Waals surface area contributed by atoms with E-state index >= 15 is 0 Å². The molecule has 0 aliphatic heterocycles. The van der Waals surface area contributed by atoms with Gasteiger partial charge in [-0.1, -0.05) is 129 Å². The maximum atomic E-state index is 10.1. The summed E-state index contributed by atoms with van der Waals surface area (Å²) in [5, 5.41) is 0. The molecule has 0 unspecified atom stereocenters. The molecule has 0 spiro atoms.